The number of nitrogens with two attached hydrogens (primary N) is 1. The van der Waals surface area contributed by atoms with E-state index in [9.17, 15) is 14.4 Å². The Kier molecular flexibility index (Phi) is 1.84. The number of hydrogen-bond acceptors (Lipinski definition) is 5. The van der Waals surface area contributed by atoms with Crippen LogP contribution in [0.15, 0.2) is 22.9 Å². The number of rotatable bonds is 1. The Bertz CT molecular complexity index is 1040. The van der Waals surface area contributed by atoms with Gasteiger partial charge in [-0.2, -0.15) is 0 Å². The van der Waals surface area contributed by atoms with Crippen LogP contribution in [0.25, 0.3) is 10.9 Å². The largest absolute Gasteiger partial charge is 0.398 e. The molecule has 108 valence electrons. The van der Waals surface area contributed by atoms with Gasteiger partial charge in [0.25, 0.3) is 5.56 Å². The van der Waals surface area contributed by atoms with E-state index in [2.05, 4.69) is 4.98 Å². The van der Waals surface area contributed by atoms with E-state index >= 15 is 0 Å². The average Bonchev–Trinajstić information content (AvgIpc) is 2.58. The molecule has 1 fully saturated rings. The van der Waals surface area contributed by atoms with E-state index in [4.69, 9.17) is 14.0 Å². The molecule has 0 spiro atoms. The quantitative estimate of drug-likeness (QED) is 0.628. The molecule has 3 atom stereocenters. The summed E-state index contributed by atoms with van der Waals surface area (Å²) in [4.78, 5) is 41.1. The van der Waals surface area contributed by atoms with Crippen molar-refractivity contribution in [3.8, 4) is 0 Å². The zero-order valence-electron chi connectivity index (χ0n) is 16.8. The third kappa shape index (κ3) is 2.12. The van der Waals surface area contributed by atoms with Crippen molar-refractivity contribution in [1.29, 1.82) is 0 Å². The van der Waals surface area contributed by atoms with Gasteiger partial charge in [-0.15, -0.1) is 0 Å². The fourth-order valence-corrected chi connectivity index (χ4v) is 2.30. The molecule has 1 aliphatic carbocycles. The van der Waals surface area contributed by atoms with Crippen LogP contribution < -0.4 is 11.3 Å². The lowest BCUT2D eigenvalue weighted by Crippen LogP contribution is -2.36. The number of nitrogens with zero attached hydrogens (tertiary/aromatic N) is 2. The number of ketones is 2. The first-order chi connectivity index (χ1) is 12.6. The van der Waals surface area contributed by atoms with Crippen LogP contribution in [-0.4, -0.2) is 21.1 Å². The lowest BCUT2D eigenvalue weighted by molar-refractivity contribution is -0.132. The number of fused-ring (bicyclic) bond motifs is 1. The third-order valence-corrected chi connectivity index (χ3v) is 3.27. The molecule has 1 heterocycles. The van der Waals surface area contributed by atoms with Crippen molar-refractivity contribution in [3.05, 3.63) is 34.3 Å². The number of carbonyl (C=O) groups is 2. The fraction of sp³-hybridized carbons (Fsp3) is 0.333. The predicted molar refractivity (Wildman–Crippen MR) is 78.1 cm³/mol. The zero-order chi connectivity index (χ0) is 20.2. The molecule has 1 aromatic heterocycles. The second-order valence-electron chi connectivity index (χ2n) is 4.65. The molecule has 1 aromatic carbocycles. The first-order valence-electron chi connectivity index (χ1n) is 9.43. The molecule has 0 saturated heterocycles. The summed E-state index contributed by atoms with van der Waals surface area (Å²) in [6.07, 6.45) is -3.80. The minimum atomic E-state index is -1.85. The molecule has 0 amide bonds. The highest BCUT2D eigenvalue weighted by Crippen LogP contribution is 2.24. The first kappa shape index (κ1) is 8.07. The summed E-state index contributed by atoms with van der Waals surface area (Å²) >= 11 is 0. The van der Waals surface area contributed by atoms with E-state index in [1.54, 1.807) is 0 Å². The van der Waals surface area contributed by atoms with Crippen LogP contribution in [0.3, 0.4) is 0 Å². The van der Waals surface area contributed by atoms with E-state index < -0.39 is 61.1 Å². The second kappa shape index (κ2) is 4.80. The molecule has 2 N–H and O–H groups in total. The Hall–Kier alpha value is -2.50. The van der Waals surface area contributed by atoms with Crippen molar-refractivity contribution < 1.29 is 17.8 Å². The Morgan fingerprint density at radius 1 is 1.52 bits per heavy atom. The maximum atomic E-state index is 13.1. The molecule has 2 aromatic rings. The number of aryl methyl sites for hydroxylation is 1. The van der Waals surface area contributed by atoms with Gasteiger partial charge < -0.3 is 5.73 Å². The summed E-state index contributed by atoms with van der Waals surface area (Å²) in [7, 11) is 0. The fourth-order valence-electron chi connectivity index (χ4n) is 2.30. The molecular formula is C15H15N3O3. The van der Waals surface area contributed by atoms with Crippen molar-refractivity contribution in [3.63, 3.8) is 0 Å². The van der Waals surface area contributed by atoms with Gasteiger partial charge in [0, 0.05) is 17.6 Å². The Morgan fingerprint density at radius 3 is 3.10 bits per heavy atom. The van der Waals surface area contributed by atoms with E-state index in [0.29, 0.717) is 4.57 Å². The first-order valence-corrected chi connectivity index (χ1v) is 6.12. The van der Waals surface area contributed by atoms with Gasteiger partial charge in [0.05, 0.1) is 26.1 Å². The number of aromatic nitrogens is 2. The molecule has 1 aliphatic rings. The van der Waals surface area contributed by atoms with Crippen molar-refractivity contribution >= 4 is 28.2 Å². The highest BCUT2D eigenvalue weighted by atomic mass is 16.2. The minimum absolute atomic E-state index is 0.168. The second-order valence-corrected chi connectivity index (χ2v) is 4.65. The Balaban J connectivity index is 2.41. The topological polar surface area (TPSA) is 95.0 Å². The standard InChI is InChI=1S/C15H15N3O3/c1-8-17-11-4-2-3-10(16)14(11)15(21)18(8)12-6-5-9(19)7-13(12)20/h2-4,12H,5-7,16H2,1H3/i1D2,2D,4D,5D,6D. The summed E-state index contributed by atoms with van der Waals surface area (Å²) < 4.78 is 47.5. The van der Waals surface area contributed by atoms with Crippen LogP contribution in [0.5, 0.6) is 0 Å². The Labute approximate surface area is 129 Å². The van der Waals surface area contributed by atoms with E-state index in [-0.39, 0.29) is 22.6 Å². The Morgan fingerprint density at radius 2 is 2.33 bits per heavy atom. The third-order valence-electron chi connectivity index (χ3n) is 3.27. The van der Waals surface area contributed by atoms with Gasteiger partial charge in [0.1, 0.15) is 11.6 Å². The van der Waals surface area contributed by atoms with Crippen molar-refractivity contribution in [1.82, 2.24) is 9.55 Å². The number of anilines is 1. The molecule has 3 unspecified atom stereocenters. The summed E-state index contributed by atoms with van der Waals surface area (Å²) in [5, 5.41) is -0.265. The number of benzene rings is 1. The normalized spacial score (nSPS) is 30.4. The summed E-state index contributed by atoms with van der Waals surface area (Å²) in [5.74, 6) is -2.03. The van der Waals surface area contributed by atoms with Gasteiger partial charge in [-0.3, -0.25) is 19.0 Å². The lowest BCUT2D eigenvalue weighted by Gasteiger charge is -2.24. The van der Waals surface area contributed by atoms with Gasteiger partial charge in [-0.25, -0.2) is 4.98 Å². The molecule has 6 nitrogen and oxygen atoms in total. The molecular weight excluding hydrogens is 270 g/mol. The van der Waals surface area contributed by atoms with Crippen LogP contribution in [0.4, 0.5) is 5.69 Å². The van der Waals surface area contributed by atoms with Gasteiger partial charge in [0.15, 0.2) is 5.78 Å². The highest BCUT2D eigenvalue weighted by Gasteiger charge is 2.30. The van der Waals surface area contributed by atoms with Crippen LogP contribution in [0.1, 0.15) is 39.3 Å². The molecule has 0 radical (unpaired) electrons. The van der Waals surface area contributed by atoms with Crippen LogP contribution in [-0.2, 0) is 9.59 Å². The SMILES string of the molecule is [2H]c1cc(N)c2c(=O)n(C3C(=O)CC(=O)C([2H])C3[2H])c(C([2H])[2H])nc2c1[2H]. The van der Waals surface area contributed by atoms with Crippen molar-refractivity contribution in [2.45, 2.75) is 32.1 Å². The van der Waals surface area contributed by atoms with E-state index in [0.717, 1.165) is 6.07 Å². The lowest BCUT2D eigenvalue weighted by atomic mass is 9.92. The van der Waals surface area contributed by atoms with Crippen LogP contribution >= 0.6 is 0 Å². The highest BCUT2D eigenvalue weighted by molar-refractivity contribution is 6.03. The number of carbonyl (C=O) groups excluding carboxylic acids is 2. The van der Waals surface area contributed by atoms with Crippen LogP contribution in [0.2, 0.25) is 0 Å². The maximum Gasteiger partial charge on any atom is 0.264 e. The van der Waals surface area contributed by atoms with E-state index in [1.165, 1.54) is 0 Å². The predicted octanol–water partition coefficient (Wildman–Crippen LogP) is 1.15. The number of nitrogen functional groups attached to an aromatic ring is 1. The number of hydrogen-bond donors (Lipinski definition) is 1. The van der Waals surface area contributed by atoms with Gasteiger partial charge in [0.2, 0.25) is 0 Å². The molecule has 21 heavy (non-hydrogen) atoms. The van der Waals surface area contributed by atoms with Gasteiger partial charge in [-0.05, 0) is 25.4 Å². The smallest absolute Gasteiger partial charge is 0.264 e. The minimum Gasteiger partial charge on any atom is -0.398 e. The number of Topliss-reactive ketones (excluding diaryl/α,β-unsaturated/α-hetero) is 2. The average molecular weight is 291 g/mol. The van der Waals surface area contributed by atoms with Crippen molar-refractivity contribution in [2.75, 3.05) is 5.73 Å². The summed E-state index contributed by atoms with van der Waals surface area (Å²) in [6.45, 7) is -1.85. The molecule has 6 heteroatoms. The molecule has 1 saturated carbocycles. The van der Waals surface area contributed by atoms with Crippen LogP contribution in [0, 0.1) is 6.88 Å². The summed E-state index contributed by atoms with van der Waals surface area (Å²) in [5.41, 5.74) is 4.41. The van der Waals surface area contributed by atoms with Gasteiger partial charge >= 0.3 is 0 Å². The van der Waals surface area contributed by atoms with Gasteiger partial charge in [-0.1, -0.05) is 6.04 Å². The van der Waals surface area contributed by atoms with E-state index in [1.807, 2.05) is 0 Å². The molecule has 0 aliphatic heterocycles. The summed E-state index contributed by atoms with van der Waals surface area (Å²) in [6, 6.07) is -1.21. The van der Waals surface area contributed by atoms with Crippen molar-refractivity contribution in [2.24, 2.45) is 0 Å². The molecule has 3 rings (SSSR count). The maximum absolute atomic E-state index is 13.1. The molecule has 0 bridgehead atoms. The zero-order valence-corrected chi connectivity index (χ0v) is 10.8. The monoisotopic (exact) mass is 291 g/mol.